The third-order valence-electron chi connectivity index (χ3n) is 3.11. The van der Waals surface area contributed by atoms with Crippen LogP contribution in [0.25, 0.3) is 0 Å². The van der Waals surface area contributed by atoms with Gasteiger partial charge in [-0.3, -0.25) is 4.79 Å². The Kier molecular flexibility index (Phi) is 6.33. The molecule has 0 saturated heterocycles. The second-order valence-electron chi connectivity index (χ2n) is 5.41. The SMILES string of the molecule is CC(C)C[C@H](NC(=O)[C@@H](O)[C@@H](N)c1ccccc1)C(=O)O. The van der Waals surface area contributed by atoms with Gasteiger partial charge in [-0.1, -0.05) is 44.2 Å². The van der Waals surface area contributed by atoms with Gasteiger partial charge in [0.1, 0.15) is 6.04 Å². The van der Waals surface area contributed by atoms with Crippen LogP contribution in [0, 0.1) is 5.92 Å². The molecule has 0 aliphatic carbocycles. The summed E-state index contributed by atoms with van der Waals surface area (Å²) in [5, 5.41) is 21.4. The number of hydrogen-bond acceptors (Lipinski definition) is 4. The lowest BCUT2D eigenvalue weighted by molar-refractivity contribution is -0.144. The van der Waals surface area contributed by atoms with E-state index in [4.69, 9.17) is 10.8 Å². The summed E-state index contributed by atoms with van der Waals surface area (Å²) in [6.45, 7) is 3.71. The number of aliphatic hydroxyl groups excluding tert-OH is 1. The Bertz CT molecular complexity index is 476. The van der Waals surface area contributed by atoms with Gasteiger partial charge in [-0.15, -0.1) is 0 Å². The number of aliphatic hydroxyl groups is 1. The van der Waals surface area contributed by atoms with Gasteiger partial charge in [-0.25, -0.2) is 4.79 Å². The van der Waals surface area contributed by atoms with Gasteiger partial charge in [0.2, 0.25) is 0 Å². The van der Waals surface area contributed by atoms with Crippen LogP contribution in [0.1, 0.15) is 31.9 Å². The highest BCUT2D eigenvalue weighted by atomic mass is 16.4. The fourth-order valence-electron chi connectivity index (χ4n) is 1.97. The van der Waals surface area contributed by atoms with E-state index >= 15 is 0 Å². The first-order valence-corrected chi connectivity index (χ1v) is 6.84. The maximum atomic E-state index is 11.9. The van der Waals surface area contributed by atoms with Crippen molar-refractivity contribution in [3.8, 4) is 0 Å². The van der Waals surface area contributed by atoms with Crippen LogP contribution in [0.2, 0.25) is 0 Å². The number of carbonyl (C=O) groups is 2. The number of carboxylic acid groups (broad SMARTS) is 1. The molecule has 1 aromatic carbocycles. The Morgan fingerprint density at radius 2 is 1.81 bits per heavy atom. The Labute approximate surface area is 124 Å². The van der Waals surface area contributed by atoms with Crippen molar-refractivity contribution in [1.29, 1.82) is 0 Å². The summed E-state index contributed by atoms with van der Waals surface area (Å²) in [5.41, 5.74) is 6.44. The van der Waals surface area contributed by atoms with E-state index in [1.807, 2.05) is 13.8 Å². The monoisotopic (exact) mass is 294 g/mol. The van der Waals surface area contributed by atoms with Crippen molar-refractivity contribution in [1.82, 2.24) is 5.32 Å². The van der Waals surface area contributed by atoms with Crippen LogP contribution in [0.5, 0.6) is 0 Å². The third kappa shape index (κ3) is 5.17. The lowest BCUT2D eigenvalue weighted by Crippen LogP contribution is -2.48. The molecule has 21 heavy (non-hydrogen) atoms. The number of amides is 1. The fourth-order valence-corrected chi connectivity index (χ4v) is 1.97. The second-order valence-corrected chi connectivity index (χ2v) is 5.41. The Morgan fingerprint density at radius 1 is 1.24 bits per heavy atom. The van der Waals surface area contributed by atoms with E-state index in [1.165, 1.54) is 0 Å². The minimum Gasteiger partial charge on any atom is -0.480 e. The number of benzene rings is 1. The fraction of sp³-hybridized carbons (Fsp3) is 0.467. The van der Waals surface area contributed by atoms with Crippen LogP contribution < -0.4 is 11.1 Å². The standard InChI is InChI=1S/C15H22N2O4/c1-9(2)8-11(15(20)21)17-14(19)13(18)12(16)10-6-4-3-5-7-10/h3-7,9,11-13,18H,8,16H2,1-2H3,(H,17,19)(H,20,21)/t11-,12-,13-/m0/s1. The van der Waals surface area contributed by atoms with Crippen molar-refractivity contribution in [2.45, 2.75) is 38.5 Å². The molecule has 6 nitrogen and oxygen atoms in total. The van der Waals surface area contributed by atoms with E-state index in [9.17, 15) is 14.7 Å². The predicted molar refractivity (Wildman–Crippen MR) is 78.4 cm³/mol. The molecule has 1 aromatic rings. The van der Waals surface area contributed by atoms with Crippen LogP contribution in [-0.4, -0.2) is 34.2 Å². The normalized spacial score (nSPS) is 15.3. The molecule has 0 heterocycles. The molecule has 1 rings (SSSR count). The third-order valence-corrected chi connectivity index (χ3v) is 3.11. The summed E-state index contributed by atoms with van der Waals surface area (Å²) in [6, 6.07) is 6.76. The Balaban J connectivity index is 2.71. The van der Waals surface area contributed by atoms with Gasteiger partial charge in [0.05, 0.1) is 6.04 Å². The molecule has 0 aliphatic heterocycles. The van der Waals surface area contributed by atoms with Gasteiger partial charge in [0.25, 0.3) is 5.91 Å². The Morgan fingerprint density at radius 3 is 2.29 bits per heavy atom. The van der Waals surface area contributed by atoms with Crippen LogP contribution in [0.3, 0.4) is 0 Å². The molecular weight excluding hydrogens is 272 g/mol. The zero-order valence-electron chi connectivity index (χ0n) is 12.2. The maximum Gasteiger partial charge on any atom is 0.326 e. The summed E-state index contributed by atoms with van der Waals surface area (Å²) in [7, 11) is 0. The predicted octanol–water partition coefficient (Wildman–Crippen LogP) is 0.663. The molecule has 0 bridgehead atoms. The number of carboxylic acids is 1. The van der Waals surface area contributed by atoms with Crippen molar-refractivity contribution >= 4 is 11.9 Å². The second kappa shape index (κ2) is 7.75. The molecule has 0 aromatic heterocycles. The number of hydrogen-bond donors (Lipinski definition) is 4. The van der Waals surface area contributed by atoms with Gasteiger partial charge >= 0.3 is 5.97 Å². The molecule has 0 fully saturated rings. The zero-order chi connectivity index (χ0) is 16.0. The zero-order valence-corrected chi connectivity index (χ0v) is 12.2. The molecule has 0 radical (unpaired) electrons. The van der Waals surface area contributed by atoms with E-state index in [1.54, 1.807) is 30.3 Å². The topological polar surface area (TPSA) is 113 Å². The first-order valence-electron chi connectivity index (χ1n) is 6.84. The minimum atomic E-state index is -1.50. The average Bonchev–Trinajstić information content (AvgIpc) is 2.45. The quantitative estimate of drug-likeness (QED) is 0.590. The number of rotatable bonds is 7. The molecule has 0 spiro atoms. The van der Waals surface area contributed by atoms with E-state index in [0.717, 1.165) is 0 Å². The van der Waals surface area contributed by atoms with E-state index < -0.39 is 30.1 Å². The lowest BCUT2D eigenvalue weighted by atomic mass is 10.00. The number of nitrogens with one attached hydrogen (secondary N) is 1. The summed E-state index contributed by atoms with van der Waals surface area (Å²) in [5.74, 6) is -1.80. The van der Waals surface area contributed by atoms with Crippen LogP contribution in [0.15, 0.2) is 30.3 Å². The van der Waals surface area contributed by atoms with Crippen molar-refractivity contribution in [3.05, 3.63) is 35.9 Å². The highest BCUT2D eigenvalue weighted by Crippen LogP contribution is 2.14. The molecule has 116 valence electrons. The van der Waals surface area contributed by atoms with Gasteiger partial charge < -0.3 is 21.3 Å². The molecule has 6 heteroatoms. The van der Waals surface area contributed by atoms with E-state index in [0.29, 0.717) is 5.56 Å². The van der Waals surface area contributed by atoms with Gasteiger partial charge in [-0.2, -0.15) is 0 Å². The highest BCUT2D eigenvalue weighted by Gasteiger charge is 2.28. The molecule has 0 unspecified atom stereocenters. The first-order chi connectivity index (χ1) is 9.82. The van der Waals surface area contributed by atoms with E-state index in [2.05, 4.69) is 5.32 Å². The van der Waals surface area contributed by atoms with Gasteiger partial charge in [-0.05, 0) is 17.9 Å². The number of carbonyl (C=O) groups excluding carboxylic acids is 1. The van der Waals surface area contributed by atoms with Crippen LogP contribution in [0.4, 0.5) is 0 Å². The summed E-state index contributed by atoms with van der Waals surface area (Å²) in [6.07, 6.45) is -1.21. The number of aliphatic carboxylic acids is 1. The first kappa shape index (κ1) is 17.1. The van der Waals surface area contributed by atoms with Crippen LogP contribution >= 0.6 is 0 Å². The van der Waals surface area contributed by atoms with E-state index in [-0.39, 0.29) is 12.3 Å². The smallest absolute Gasteiger partial charge is 0.326 e. The minimum absolute atomic E-state index is 0.103. The summed E-state index contributed by atoms with van der Waals surface area (Å²) >= 11 is 0. The molecule has 0 saturated carbocycles. The molecule has 5 N–H and O–H groups in total. The van der Waals surface area contributed by atoms with Gasteiger partial charge in [0.15, 0.2) is 6.10 Å². The van der Waals surface area contributed by atoms with Crippen molar-refractivity contribution in [3.63, 3.8) is 0 Å². The average molecular weight is 294 g/mol. The van der Waals surface area contributed by atoms with Gasteiger partial charge in [0, 0.05) is 0 Å². The maximum absolute atomic E-state index is 11.9. The summed E-state index contributed by atoms with van der Waals surface area (Å²) < 4.78 is 0. The Hall–Kier alpha value is -1.92. The lowest BCUT2D eigenvalue weighted by Gasteiger charge is -2.22. The highest BCUT2D eigenvalue weighted by molar-refractivity contribution is 5.86. The largest absolute Gasteiger partial charge is 0.480 e. The molecular formula is C15H22N2O4. The van der Waals surface area contributed by atoms with Crippen molar-refractivity contribution in [2.24, 2.45) is 11.7 Å². The van der Waals surface area contributed by atoms with Crippen LogP contribution in [-0.2, 0) is 9.59 Å². The molecule has 0 aliphatic rings. The summed E-state index contributed by atoms with van der Waals surface area (Å²) in [4.78, 5) is 23.1. The molecule has 3 atom stereocenters. The number of nitrogens with two attached hydrogens (primary N) is 1. The van der Waals surface area contributed by atoms with Crippen molar-refractivity contribution in [2.75, 3.05) is 0 Å². The van der Waals surface area contributed by atoms with Crippen molar-refractivity contribution < 1.29 is 19.8 Å². The molecule has 1 amide bonds.